The third-order valence-corrected chi connectivity index (χ3v) is 6.09. The molecular formula is C28H26N2O3. The highest BCUT2D eigenvalue weighted by molar-refractivity contribution is 5.91. The fourth-order valence-electron chi connectivity index (χ4n) is 3.99. The highest BCUT2D eigenvalue weighted by atomic mass is 16.6. The summed E-state index contributed by atoms with van der Waals surface area (Å²) in [6.45, 7) is 3.61. The van der Waals surface area contributed by atoms with Crippen LogP contribution in [-0.4, -0.2) is 11.2 Å². The van der Waals surface area contributed by atoms with E-state index < -0.39 is 6.09 Å². The van der Waals surface area contributed by atoms with Gasteiger partial charge in [0.15, 0.2) is 5.76 Å². The van der Waals surface area contributed by atoms with E-state index in [1.54, 1.807) is 6.92 Å². The van der Waals surface area contributed by atoms with Gasteiger partial charge in [0.05, 0.1) is 0 Å². The lowest BCUT2D eigenvalue weighted by molar-refractivity contribution is 0.121. The van der Waals surface area contributed by atoms with Crippen molar-refractivity contribution in [2.75, 3.05) is 5.32 Å². The molecule has 0 aliphatic heterocycles. The Morgan fingerprint density at radius 3 is 2.18 bits per heavy atom. The summed E-state index contributed by atoms with van der Waals surface area (Å²) in [7, 11) is 0. The van der Waals surface area contributed by atoms with Crippen LogP contribution in [0.25, 0.3) is 22.4 Å². The van der Waals surface area contributed by atoms with Crippen LogP contribution in [0.5, 0.6) is 0 Å². The third kappa shape index (κ3) is 4.67. The van der Waals surface area contributed by atoms with Crippen molar-refractivity contribution in [3.05, 3.63) is 95.7 Å². The molecule has 1 aliphatic carbocycles. The van der Waals surface area contributed by atoms with Crippen molar-refractivity contribution in [1.82, 2.24) is 5.16 Å². The van der Waals surface area contributed by atoms with Crippen LogP contribution in [0, 0.1) is 6.92 Å². The maximum atomic E-state index is 12.5. The minimum Gasteiger partial charge on any atom is -0.441 e. The van der Waals surface area contributed by atoms with Gasteiger partial charge in [-0.3, -0.25) is 5.32 Å². The predicted molar refractivity (Wildman–Crippen MR) is 129 cm³/mol. The van der Waals surface area contributed by atoms with Crippen LogP contribution >= 0.6 is 0 Å². The van der Waals surface area contributed by atoms with Gasteiger partial charge in [-0.25, -0.2) is 4.79 Å². The molecule has 5 rings (SSSR count). The Morgan fingerprint density at radius 1 is 0.939 bits per heavy atom. The molecule has 0 spiro atoms. The summed E-state index contributed by atoms with van der Waals surface area (Å²) in [5.74, 6) is 1.28. The van der Waals surface area contributed by atoms with Gasteiger partial charge in [0, 0.05) is 5.56 Å². The predicted octanol–water partition coefficient (Wildman–Crippen LogP) is 7.50. The average molecular weight is 439 g/mol. The molecular weight excluding hydrogens is 412 g/mol. The molecule has 5 nitrogen and oxygen atoms in total. The molecule has 4 aromatic rings. The van der Waals surface area contributed by atoms with Gasteiger partial charge in [0.1, 0.15) is 17.5 Å². The number of anilines is 1. The van der Waals surface area contributed by atoms with Crippen molar-refractivity contribution in [2.45, 2.75) is 38.7 Å². The zero-order valence-electron chi connectivity index (χ0n) is 18.7. The van der Waals surface area contributed by atoms with Crippen molar-refractivity contribution >= 4 is 11.8 Å². The normalized spacial score (nSPS) is 14.0. The van der Waals surface area contributed by atoms with E-state index in [1.807, 2.05) is 49.4 Å². The molecule has 1 aliphatic rings. The zero-order valence-corrected chi connectivity index (χ0v) is 18.7. The van der Waals surface area contributed by atoms with Gasteiger partial charge in [-0.05, 0) is 54.9 Å². The number of hydrogen-bond acceptors (Lipinski definition) is 4. The van der Waals surface area contributed by atoms with E-state index in [1.165, 1.54) is 24.0 Å². The number of ether oxygens (including phenoxy) is 1. The number of amides is 1. The molecule has 1 atom stereocenters. The Kier molecular flexibility index (Phi) is 5.69. The molecule has 0 unspecified atom stereocenters. The minimum absolute atomic E-state index is 0.375. The van der Waals surface area contributed by atoms with Gasteiger partial charge in [0.25, 0.3) is 0 Å². The van der Waals surface area contributed by atoms with Gasteiger partial charge in [-0.15, -0.1) is 0 Å². The smallest absolute Gasteiger partial charge is 0.412 e. The second-order valence-electron chi connectivity index (χ2n) is 8.52. The topological polar surface area (TPSA) is 64.4 Å². The number of carbonyl (C=O) groups excluding carboxylic acids is 1. The van der Waals surface area contributed by atoms with Crippen LogP contribution in [0.2, 0.25) is 0 Å². The average Bonchev–Trinajstić information content (AvgIpc) is 3.64. The van der Waals surface area contributed by atoms with Gasteiger partial charge >= 0.3 is 6.09 Å². The summed E-state index contributed by atoms with van der Waals surface area (Å²) >= 11 is 0. The molecule has 1 aromatic heterocycles. The number of aromatic nitrogens is 1. The number of benzene rings is 3. The number of nitrogens with one attached hydrogen (secondary N) is 1. The Bertz CT molecular complexity index is 1240. The summed E-state index contributed by atoms with van der Waals surface area (Å²) in [6.07, 6.45) is 1.69. The fourth-order valence-corrected chi connectivity index (χ4v) is 3.99. The second kappa shape index (κ2) is 8.94. The highest BCUT2D eigenvalue weighted by Crippen LogP contribution is 2.40. The Balaban J connectivity index is 1.30. The van der Waals surface area contributed by atoms with Crippen LogP contribution < -0.4 is 5.32 Å². The Labute approximate surface area is 193 Å². The van der Waals surface area contributed by atoms with Gasteiger partial charge in [-0.1, -0.05) is 84.0 Å². The van der Waals surface area contributed by atoms with Crippen LogP contribution in [0.1, 0.15) is 48.7 Å². The van der Waals surface area contributed by atoms with E-state index in [4.69, 9.17) is 9.26 Å². The summed E-state index contributed by atoms with van der Waals surface area (Å²) in [6, 6.07) is 26.5. The largest absolute Gasteiger partial charge is 0.441 e. The number of hydrogen-bond donors (Lipinski definition) is 1. The maximum absolute atomic E-state index is 12.5. The maximum Gasteiger partial charge on any atom is 0.412 e. The first kappa shape index (κ1) is 21.0. The van der Waals surface area contributed by atoms with E-state index in [0.717, 1.165) is 22.6 Å². The molecule has 1 heterocycles. The molecule has 33 heavy (non-hydrogen) atoms. The monoisotopic (exact) mass is 438 g/mol. The Morgan fingerprint density at radius 2 is 1.55 bits per heavy atom. The number of aryl methyl sites for hydroxylation is 1. The molecule has 1 fully saturated rings. The molecule has 0 radical (unpaired) electrons. The summed E-state index contributed by atoms with van der Waals surface area (Å²) < 4.78 is 10.9. The van der Waals surface area contributed by atoms with Crippen LogP contribution in [0.4, 0.5) is 10.5 Å². The first-order chi connectivity index (χ1) is 16.1. The van der Waals surface area contributed by atoms with E-state index in [0.29, 0.717) is 17.1 Å². The molecule has 5 heteroatoms. The fraction of sp³-hybridized carbons (Fsp3) is 0.214. The van der Waals surface area contributed by atoms with Crippen molar-refractivity contribution in [1.29, 1.82) is 0 Å². The number of nitrogens with zero attached hydrogens (tertiary/aromatic N) is 1. The van der Waals surface area contributed by atoms with E-state index in [2.05, 4.69) is 46.9 Å². The molecule has 0 saturated heterocycles. The van der Waals surface area contributed by atoms with Gasteiger partial charge < -0.3 is 9.26 Å². The molecule has 1 amide bonds. The first-order valence-electron chi connectivity index (χ1n) is 11.3. The molecule has 1 saturated carbocycles. The number of carbonyl (C=O) groups is 1. The highest BCUT2D eigenvalue weighted by Gasteiger charge is 2.23. The number of rotatable bonds is 6. The van der Waals surface area contributed by atoms with Gasteiger partial charge in [-0.2, -0.15) is 0 Å². The van der Waals surface area contributed by atoms with Crippen molar-refractivity contribution in [3.8, 4) is 22.4 Å². The van der Waals surface area contributed by atoms with Crippen LogP contribution in [0.15, 0.2) is 83.4 Å². The van der Waals surface area contributed by atoms with Crippen LogP contribution in [0.3, 0.4) is 0 Å². The summed E-state index contributed by atoms with van der Waals surface area (Å²) in [5, 5.41) is 6.98. The summed E-state index contributed by atoms with van der Waals surface area (Å²) in [5.41, 5.74) is 6.62. The lowest BCUT2D eigenvalue weighted by Crippen LogP contribution is -2.16. The van der Waals surface area contributed by atoms with Gasteiger partial charge in [0.2, 0.25) is 0 Å². The summed E-state index contributed by atoms with van der Waals surface area (Å²) in [4.78, 5) is 12.5. The van der Waals surface area contributed by atoms with E-state index >= 15 is 0 Å². The van der Waals surface area contributed by atoms with Crippen LogP contribution in [-0.2, 0) is 4.74 Å². The first-order valence-corrected chi connectivity index (χ1v) is 11.3. The lowest BCUT2D eigenvalue weighted by Gasteiger charge is -2.14. The standard InChI is InChI=1S/C28H26N2O3/c1-18(20-6-4-3-5-7-20)32-28(31)29-26-19(2)33-30-27(26)25-16-14-24(15-17-25)23-12-10-22(11-13-23)21-8-9-21/h3-7,10-18,21H,8-9H2,1-2H3,(H,29,31)/t18-/m1/s1. The quantitative estimate of drug-likeness (QED) is 0.338. The van der Waals surface area contributed by atoms with E-state index in [-0.39, 0.29) is 6.10 Å². The lowest BCUT2D eigenvalue weighted by atomic mass is 10.00. The zero-order chi connectivity index (χ0) is 22.8. The molecule has 1 N–H and O–H groups in total. The van der Waals surface area contributed by atoms with Crippen molar-refractivity contribution < 1.29 is 14.1 Å². The minimum atomic E-state index is -0.550. The molecule has 0 bridgehead atoms. The van der Waals surface area contributed by atoms with Crippen molar-refractivity contribution in [2.24, 2.45) is 0 Å². The third-order valence-electron chi connectivity index (χ3n) is 6.09. The second-order valence-corrected chi connectivity index (χ2v) is 8.52. The SMILES string of the molecule is Cc1onc(-c2ccc(-c3ccc(C4CC4)cc3)cc2)c1NC(=O)O[C@H](C)c1ccccc1. The molecule has 166 valence electrons. The van der Waals surface area contributed by atoms with Crippen molar-refractivity contribution in [3.63, 3.8) is 0 Å². The van der Waals surface area contributed by atoms with E-state index in [9.17, 15) is 4.79 Å². The Hall–Kier alpha value is -3.86. The molecule has 3 aromatic carbocycles.